The number of ketones is 2. The first-order chi connectivity index (χ1) is 12.6. The van der Waals surface area contributed by atoms with Gasteiger partial charge >= 0.3 is 6.09 Å². The van der Waals surface area contributed by atoms with Gasteiger partial charge in [-0.3, -0.25) is 14.5 Å². The number of carbonyl (C=O) groups is 3. The van der Waals surface area contributed by atoms with E-state index in [0.717, 1.165) is 0 Å². The number of hydrogen-bond acceptors (Lipinski definition) is 4. The molecular formula is C21H13NO4. The molecule has 126 valence electrons. The zero-order chi connectivity index (χ0) is 18.1. The predicted octanol–water partition coefficient (Wildman–Crippen LogP) is 3.90. The Hall–Kier alpha value is -3.73. The van der Waals surface area contributed by atoms with Crippen molar-refractivity contribution in [1.82, 2.24) is 4.90 Å². The van der Waals surface area contributed by atoms with E-state index in [2.05, 4.69) is 0 Å². The summed E-state index contributed by atoms with van der Waals surface area (Å²) in [6.45, 7) is 0. The van der Waals surface area contributed by atoms with Crippen LogP contribution in [0.3, 0.4) is 0 Å². The third-order valence-corrected chi connectivity index (χ3v) is 4.15. The van der Waals surface area contributed by atoms with Gasteiger partial charge in [-0.25, -0.2) is 4.79 Å². The quantitative estimate of drug-likeness (QED) is 0.582. The Morgan fingerprint density at radius 2 is 1.31 bits per heavy atom. The molecular weight excluding hydrogens is 330 g/mol. The van der Waals surface area contributed by atoms with Crippen molar-refractivity contribution in [3.63, 3.8) is 0 Å². The maximum Gasteiger partial charge on any atom is 0.423 e. The molecule has 0 saturated heterocycles. The van der Waals surface area contributed by atoms with E-state index in [9.17, 15) is 14.4 Å². The lowest BCUT2D eigenvalue weighted by Gasteiger charge is -2.17. The third-order valence-electron chi connectivity index (χ3n) is 4.15. The Morgan fingerprint density at radius 1 is 0.769 bits per heavy atom. The Balaban J connectivity index is 1.56. The van der Waals surface area contributed by atoms with Crippen LogP contribution in [0.25, 0.3) is 0 Å². The molecule has 0 fully saturated rings. The minimum atomic E-state index is -0.583. The number of carbonyl (C=O) groups excluding carboxylic acids is 3. The van der Waals surface area contributed by atoms with Gasteiger partial charge in [0.15, 0.2) is 11.6 Å². The molecule has 2 aromatic carbocycles. The number of para-hydroxylation sites is 1. The third kappa shape index (κ3) is 2.65. The van der Waals surface area contributed by atoms with Crippen LogP contribution in [0.4, 0.5) is 4.79 Å². The molecule has 0 unspecified atom stereocenters. The van der Waals surface area contributed by atoms with Gasteiger partial charge in [0.1, 0.15) is 5.75 Å². The van der Waals surface area contributed by atoms with E-state index < -0.39 is 6.09 Å². The second kappa shape index (κ2) is 6.29. The Bertz CT molecular complexity index is 962. The number of Topliss-reactive ketones (excluding diaryl/α,β-unsaturated/α-hetero) is 2. The van der Waals surface area contributed by atoms with Gasteiger partial charge in [-0.05, 0) is 29.9 Å². The van der Waals surface area contributed by atoms with Crippen LogP contribution in [0.15, 0.2) is 90.3 Å². The number of nitrogens with zero attached hydrogens (tertiary/aromatic N) is 1. The van der Waals surface area contributed by atoms with E-state index in [4.69, 9.17) is 4.74 Å². The van der Waals surface area contributed by atoms with Gasteiger partial charge in [-0.15, -0.1) is 0 Å². The smallest absolute Gasteiger partial charge is 0.410 e. The molecule has 4 rings (SSSR count). The SMILES string of the molecule is O=C1C(=C2C=CN(C(=O)Oc3ccccc3)C=C2)C(=O)c2ccccc21. The molecule has 1 aliphatic heterocycles. The van der Waals surface area contributed by atoms with Crippen LogP contribution in [-0.2, 0) is 0 Å². The van der Waals surface area contributed by atoms with Crippen molar-refractivity contribution in [2.45, 2.75) is 0 Å². The molecule has 0 saturated carbocycles. The molecule has 5 nitrogen and oxygen atoms in total. The fourth-order valence-corrected chi connectivity index (χ4v) is 2.87. The van der Waals surface area contributed by atoms with Gasteiger partial charge < -0.3 is 4.74 Å². The zero-order valence-corrected chi connectivity index (χ0v) is 13.6. The van der Waals surface area contributed by atoms with E-state index in [0.29, 0.717) is 22.4 Å². The number of rotatable bonds is 1. The topological polar surface area (TPSA) is 63.7 Å². The number of hydrogen-bond donors (Lipinski definition) is 0. The van der Waals surface area contributed by atoms with Crippen molar-refractivity contribution < 1.29 is 19.1 Å². The number of fused-ring (bicyclic) bond motifs is 1. The summed E-state index contributed by atoms with van der Waals surface area (Å²) in [5.74, 6) is -0.162. The van der Waals surface area contributed by atoms with E-state index in [1.54, 1.807) is 60.7 Å². The summed E-state index contributed by atoms with van der Waals surface area (Å²) < 4.78 is 5.24. The maximum absolute atomic E-state index is 12.5. The summed E-state index contributed by atoms with van der Waals surface area (Å²) in [4.78, 5) is 38.4. The highest BCUT2D eigenvalue weighted by Gasteiger charge is 2.34. The highest BCUT2D eigenvalue weighted by molar-refractivity contribution is 6.40. The highest BCUT2D eigenvalue weighted by Crippen LogP contribution is 2.30. The molecule has 1 heterocycles. The molecule has 0 atom stereocenters. The molecule has 2 aromatic rings. The first-order valence-corrected chi connectivity index (χ1v) is 7.99. The predicted molar refractivity (Wildman–Crippen MR) is 94.7 cm³/mol. The number of ether oxygens (including phenoxy) is 1. The Labute approximate surface area is 149 Å². The average molecular weight is 343 g/mol. The average Bonchev–Trinajstić information content (AvgIpc) is 2.94. The molecule has 5 heteroatoms. The Kier molecular flexibility index (Phi) is 3.82. The Morgan fingerprint density at radius 3 is 1.88 bits per heavy atom. The van der Waals surface area contributed by atoms with Crippen LogP contribution in [0.1, 0.15) is 20.7 Å². The van der Waals surface area contributed by atoms with Gasteiger partial charge in [-0.1, -0.05) is 42.5 Å². The molecule has 0 N–H and O–H groups in total. The minimum Gasteiger partial charge on any atom is -0.410 e. The molecule has 26 heavy (non-hydrogen) atoms. The largest absolute Gasteiger partial charge is 0.423 e. The van der Waals surface area contributed by atoms with Crippen molar-refractivity contribution >= 4 is 17.7 Å². The molecule has 0 radical (unpaired) electrons. The lowest BCUT2D eigenvalue weighted by atomic mass is 10.0. The van der Waals surface area contributed by atoms with Crippen molar-refractivity contribution in [3.8, 4) is 5.75 Å². The second-order valence-electron chi connectivity index (χ2n) is 5.75. The van der Waals surface area contributed by atoms with Crippen molar-refractivity contribution in [3.05, 3.63) is 101 Å². The first kappa shape index (κ1) is 15.8. The van der Waals surface area contributed by atoms with Gasteiger partial charge in [-0.2, -0.15) is 0 Å². The van der Waals surface area contributed by atoms with E-state index >= 15 is 0 Å². The van der Waals surface area contributed by atoms with Crippen LogP contribution < -0.4 is 4.74 Å². The first-order valence-electron chi connectivity index (χ1n) is 7.99. The lowest BCUT2D eigenvalue weighted by Crippen LogP contribution is -2.25. The van der Waals surface area contributed by atoms with Crippen LogP contribution in [0.2, 0.25) is 0 Å². The van der Waals surface area contributed by atoms with Crippen LogP contribution in [0, 0.1) is 0 Å². The lowest BCUT2D eigenvalue weighted by molar-refractivity contribution is 0.0988. The molecule has 0 spiro atoms. The normalized spacial score (nSPS) is 15.5. The van der Waals surface area contributed by atoms with Crippen molar-refractivity contribution in [2.24, 2.45) is 0 Å². The van der Waals surface area contributed by atoms with Gasteiger partial charge in [0.25, 0.3) is 0 Å². The van der Waals surface area contributed by atoms with Gasteiger partial charge in [0, 0.05) is 23.5 Å². The molecule has 0 aromatic heterocycles. The monoisotopic (exact) mass is 343 g/mol. The van der Waals surface area contributed by atoms with Gasteiger partial charge in [0.2, 0.25) is 0 Å². The van der Waals surface area contributed by atoms with E-state index in [-0.39, 0.29) is 17.1 Å². The van der Waals surface area contributed by atoms with Crippen molar-refractivity contribution in [2.75, 3.05) is 0 Å². The standard InChI is InChI=1S/C21H13NO4/c23-19-16-8-4-5-9-17(16)20(24)18(19)14-10-12-22(13-11-14)21(25)26-15-6-2-1-3-7-15/h1-13H. The fraction of sp³-hybridized carbons (Fsp3) is 0. The summed E-state index contributed by atoms with van der Waals surface area (Å²) in [6, 6.07) is 15.4. The van der Waals surface area contributed by atoms with Crippen LogP contribution >= 0.6 is 0 Å². The summed E-state index contributed by atoms with van der Waals surface area (Å²) in [5, 5.41) is 0. The minimum absolute atomic E-state index is 0.120. The maximum atomic E-state index is 12.5. The van der Waals surface area contributed by atoms with E-state index in [1.165, 1.54) is 17.3 Å². The van der Waals surface area contributed by atoms with E-state index in [1.807, 2.05) is 6.07 Å². The second-order valence-corrected chi connectivity index (χ2v) is 5.75. The molecule has 1 aliphatic carbocycles. The summed E-state index contributed by atoms with van der Waals surface area (Å²) in [6.07, 6.45) is 5.47. The molecule has 2 aliphatic rings. The van der Waals surface area contributed by atoms with Crippen LogP contribution in [-0.4, -0.2) is 22.6 Å². The summed E-state index contributed by atoms with van der Waals surface area (Å²) >= 11 is 0. The number of amides is 1. The summed E-state index contributed by atoms with van der Waals surface area (Å²) in [7, 11) is 0. The fourth-order valence-electron chi connectivity index (χ4n) is 2.87. The van der Waals surface area contributed by atoms with Crippen molar-refractivity contribution in [1.29, 1.82) is 0 Å². The van der Waals surface area contributed by atoms with Crippen LogP contribution in [0.5, 0.6) is 5.75 Å². The molecule has 1 amide bonds. The number of allylic oxidation sites excluding steroid dienone is 4. The molecule has 0 bridgehead atoms. The van der Waals surface area contributed by atoms with Gasteiger partial charge in [0.05, 0.1) is 5.57 Å². The number of benzene rings is 2. The zero-order valence-electron chi connectivity index (χ0n) is 13.6. The highest BCUT2D eigenvalue weighted by atomic mass is 16.6. The summed E-state index contributed by atoms with van der Waals surface area (Å²) in [5.41, 5.74) is 1.41.